The molecule has 1 amide bonds. The van der Waals surface area contributed by atoms with Crippen LogP contribution >= 0.6 is 0 Å². The summed E-state index contributed by atoms with van der Waals surface area (Å²) in [4.78, 5) is 26.0. The number of nitrogens with zero attached hydrogens (tertiary/aromatic N) is 4. The van der Waals surface area contributed by atoms with Crippen LogP contribution in [0.15, 0.2) is 59.6 Å². The highest BCUT2D eigenvalue weighted by Crippen LogP contribution is 2.23. The van der Waals surface area contributed by atoms with Crippen molar-refractivity contribution in [2.24, 2.45) is 0 Å². The monoisotopic (exact) mass is 497 g/mol. The summed E-state index contributed by atoms with van der Waals surface area (Å²) in [5, 5.41) is 0. The number of rotatable bonds is 5. The quantitative estimate of drug-likeness (QED) is 0.577. The number of aromatic nitrogens is 2. The third-order valence-electron chi connectivity index (χ3n) is 5.98. The lowest BCUT2D eigenvalue weighted by Gasteiger charge is -2.31. The van der Waals surface area contributed by atoms with Crippen LogP contribution in [0.4, 0.5) is 16.0 Å². The zero-order chi connectivity index (χ0) is 24.4. The van der Waals surface area contributed by atoms with Crippen LogP contribution in [0.3, 0.4) is 0 Å². The van der Waals surface area contributed by atoms with Gasteiger partial charge in [-0.3, -0.25) is 9.52 Å². The minimum Gasteiger partial charge on any atom is -0.378 e. The van der Waals surface area contributed by atoms with Crippen LogP contribution in [-0.2, 0) is 27.7 Å². The number of nitrogens with one attached hydrogen (secondary N) is 1. The molecule has 0 radical (unpaired) electrons. The lowest BCUT2D eigenvalue weighted by atomic mass is 10.1. The molecular weight excluding hydrogens is 473 g/mol. The SMILES string of the molecule is O=C(c1cccc(NS(=O)(=O)c2cccc(F)c2)c1)N1CCc2cnc(N3CCOCC3)nc2C1. The van der Waals surface area contributed by atoms with Crippen LogP contribution in [0.25, 0.3) is 0 Å². The van der Waals surface area contributed by atoms with Gasteiger partial charge in [0.05, 0.1) is 30.3 Å². The Bertz CT molecular complexity index is 1360. The highest BCUT2D eigenvalue weighted by atomic mass is 32.2. The summed E-state index contributed by atoms with van der Waals surface area (Å²) in [5.74, 6) is -0.244. The number of halogens is 1. The second-order valence-electron chi connectivity index (χ2n) is 8.36. The molecule has 0 spiro atoms. The van der Waals surface area contributed by atoms with E-state index in [1.807, 2.05) is 6.20 Å². The van der Waals surface area contributed by atoms with Crippen molar-refractivity contribution >= 4 is 27.6 Å². The summed E-state index contributed by atoms with van der Waals surface area (Å²) in [7, 11) is -4.00. The maximum Gasteiger partial charge on any atom is 0.261 e. The van der Waals surface area contributed by atoms with Crippen molar-refractivity contribution in [3.05, 3.63) is 77.4 Å². The maximum atomic E-state index is 13.5. The van der Waals surface area contributed by atoms with Crippen LogP contribution < -0.4 is 9.62 Å². The Morgan fingerprint density at radius 3 is 2.66 bits per heavy atom. The van der Waals surface area contributed by atoms with E-state index in [1.54, 1.807) is 23.1 Å². The molecule has 1 N–H and O–H groups in total. The number of hydrogen-bond donors (Lipinski definition) is 1. The van der Waals surface area contributed by atoms with Crippen molar-refractivity contribution in [1.29, 1.82) is 0 Å². The number of ether oxygens (including phenoxy) is 1. The molecule has 0 aliphatic carbocycles. The summed E-state index contributed by atoms with van der Waals surface area (Å²) >= 11 is 0. The molecule has 5 rings (SSSR count). The highest BCUT2D eigenvalue weighted by molar-refractivity contribution is 7.92. The van der Waals surface area contributed by atoms with Crippen molar-refractivity contribution in [2.45, 2.75) is 17.9 Å². The summed E-state index contributed by atoms with van der Waals surface area (Å²) < 4.78 is 46.6. The summed E-state index contributed by atoms with van der Waals surface area (Å²) in [6.45, 7) is 3.55. The van der Waals surface area contributed by atoms with Crippen LogP contribution in [0, 0.1) is 5.82 Å². The van der Waals surface area contributed by atoms with Crippen molar-refractivity contribution < 1.29 is 22.3 Å². The van der Waals surface area contributed by atoms with Gasteiger partial charge in [-0.25, -0.2) is 22.8 Å². The molecule has 11 heteroatoms. The first-order valence-corrected chi connectivity index (χ1v) is 12.7. The normalized spacial score (nSPS) is 16.0. The number of amides is 1. The Balaban J connectivity index is 1.32. The number of sulfonamides is 1. The largest absolute Gasteiger partial charge is 0.378 e. The average molecular weight is 498 g/mol. The van der Waals surface area contributed by atoms with E-state index in [1.165, 1.54) is 24.3 Å². The molecule has 3 heterocycles. The molecule has 1 aromatic heterocycles. The van der Waals surface area contributed by atoms with Gasteiger partial charge in [0.15, 0.2) is 0 Å². The second kappa shape index (κ2) is 9.59. The van der Waals surface area contributed by atoms with E-state index in [0.717, 1.165) is 30.4 Å². The lowest BCUT2D eigenvalue weighted by molar-refractivity contribution is 0.0731. The second-order valence-corrected chi connectivity index (χ2v) is 10.0. The third kappa shape index (κ3) is 5.10. The standard InChI is InChI=1S/C24H24FN5O4S/c25-19-4-2-6-21(14-19)35(32,33)28-20-5-1-3-17(13-20)23(31)30-8-7-18-15-26-24(27-22(18)16-30)29-9-11-34-12-10-29/h1-6,13-15,28H,7-12,16H2. The predicted molar refractivity (Wildman–Crippen MR) is 127 cm³/mol. The Morgan fingerprint density at radius 1 is 1.06 bits per heavy atom. The van der Waals surface area contributed by atoms with Gasteiger partial charge in [0.2, 0.25) is 5.95 Å². The first kappa shape index (κ1) is 23.2. The molecule has 0 unspecified atom stereocenters. The molecule has 2 aliphatic rings. The van der Waals surface area contributed by atoms with Crippen molar-refractivity contribution in [3.63, 3.8) is 0 Å². The highest BCUT2D eigenvalue weighted by Gasteiger charge is 2.25. The molecule has 0 saturated carbocycles. The first-order chi connectivity index (χ1) is 16.9. The van der Waals surface area contributed by atoms with E-state index in [-0.39, 0.29) is 16.5 Å². The molecule has 2 aromatic carbocycles. The number of carbonyl (C=O) groups excluding carboxylic acids is 1. The first-order valence-electron chi connectivity index (χ1n) is 11.2. The van der Waals surface area contributed by atoms with E-state index in [4.69, 9.17) is 9.72 Å². The van der Waals surface area contributed by atoms with Gasteiger partial charge < -0.3 is 14.5 Å². The summed E-state index contributed by atoms with van der Waals surface area (Å²) in [5.41, 5.74) is 2.39. The predicted octanol–water partition coefficient (Wildman–Crippen LogP) is 2.45. The van der Waals surface area contributed by atoms with Gasteiger partial charge in [0, 0.05) is 37.1 Å². The van der Waals surface area contributed by atoms with Crippen LogP contribution in [0.1, 0.15) is 21.6 Å². The van der Waals surface area contributed by atoms with Crippen molar-refractivity contribution in [1.82, 2.24) is 14.9 Å². The molecule has 1 fully saturated rings. The fraction of sp³-hybridized carbons (Fsp3) is 0.292. The number of benzene rings is 2. The van der Waals surface area contributed by atoms with Gasteiger partial charge in [-0.1, -0.05) is 12.1 Å². The fourth-order valence-corrected chi connectivity index (χ4v) is 5.21. The van der Waals surface area contributed by atoms with E-state index < -0.39 is 15.8 Å². The smallest absolute Gasteiger partial charge is 0.261 e. The molecule has 182 valence electrons. The summed E-state index contributed by atoms with van der Waals surface area (Å²) in [6, 6.07) is 11.0. The van der Waals surface area contributed by atoms with Gasteiger partial charge in [-0.2, -0.15) is 0 Å². The van der Waals surface area contributed by atoms with Gasteiger partial charge in [-0.15, -0.1) is 0 Å². The number of carbonyl (C=O) groups is 1. The van der Waals surface area contributed by atoms with Gasteiger partial charge in [0.25, 0.3) is 15.9 Å². The minimum absolute atomic E-state index is 0.197. The Kier molecular flexibility index (Phi) is 6.35. The molecule has 0 bridgehead atoms. The number of hydrogen-bond acceptors (Lipinski definition) is 7. The van der Waals surface area contributed by atoms with Crippen LogP contribution in [0.5, 0.6) is 0 Å². The zero-order valence-electron chi connectivity index (χ0n) is 18.9. The van der Waals surface area contributed by atoms with E-state index in [9.17, 15) is 17.6 Å². The Hall–Kier alpha value is -3.57. The van der Waals surface area contributed by atoms with Crippen LogP contribution in [0.2, 0.25) is 0 Å². The van der Waals surface area contributed by atoms with Gasteiger partial charge >= 0.3 is 0 Å². The van der Waals surface area contributed by atoms with Crippen molar-refractivity contribution in [2.75, 3.05) is 42.5 Å². The fourth-order valence-electron chi connectivity index (χ4n) is 4.13. The van der Waals surface area contributed by atoms with E-state index in [0.29, 0.717) is 44.2 Å². The molecular formula is C24H24FN5O4S. The lowest BCUT2D eigenvalue weighted by Crippen LogP contribution is -2.39. The van der Waals surface area contributed by atoms with Crippen LogP contribution in [-0.4, -0.2) is 62.0 Å². The van der Waals surface area contributed by atoms with E-state index in [2.05, 4.69) is 14.6 Å². The van der Waals surface area contributed by atoms with E-state index >= 15 is 0 Å². The number of fused-ring (bicyclic) bond motifs is 1. The molecule has 2 aliphatic heterocycles. The topological polar surface area (TPSA) is 105 Å². The Labute approximate surface area is 202 Å². The van der Waals surface area contributed by atoms with Gasteiger partial charge in [-0.05, 0) is 48.4 Å². The number of anilines is 2. The van der Waals surface area contributed by atoms with Gasteiger partial charge in [0.1, 0.15) is 5.82 Å². The maximum absolute atomic E-state index is 13.5. The average Bonchev–Trinajstić information content (AvgIpc) is 2.88. The third-order valence-corrected chi connectivity index (χ3v) is 7.36. The number of morpholine rings is 1. The minimum atomic E-state index is -4.00. The molecule has 1 saturated heterocycles. The molecule has 35 heavy (non-hydrogen) atoms. The molecule has 0 atom stereocenters. The molecule has 3 aromatic rings. The van der Waals surface area contributed by atoms with Crippen molar-refractivity contribution in [3.8, 4) is 0 Å². The molecule has 9 nitrogen and oxygen atoms in total. The zero-order valence-corrected chi connectivity index (χ0v) is 19.7. The summed E-state index contributed by atoms with van der Waals surface area (Å²) in [6.07, 6.45) is 2.47. The Morgan fingerprint density at radius 2 is 1.86 bits per heavy atom.